The van der Waals surface area contributed by atoms with Crippen molar-refractivity contribution >= 4 is 39.4 Å². The van der Waals surface area contributed by atoms with E-state index in [1.165, 1.54) is 11.8 Å². The molecule has 2 aromatic rings. The van der Waals surface area contributed by atoms with E-state index in [-0.39, 0.29) is 11.2 Å². The molecule has 0 aliphatic rings. The minimum Gasteiger partial charge on any atom is -0.360 e. The predicted molar refractivity (Wildman–Crippen MR) is 83.9 cm³/mol. The van der Waals surface area contributed by atoms with Crippen LogP contribution in [0.15, 0.2) is 44.2 Å². The van der Waals surface area contributed by atoms with Gasteiger partial charge in [-0.25, -0.2) is 0 Å². The summed E-state index contributed by atoms with van der Waals surface area (Å²) in [6.45, 7) is 3.78. The molecule has 106 valence electrons. The third-order valence-electron chi connectivity index (χ3n) is 2.65. The molecule has 0 fully saturated rings. The lowest BCUT2D eigenvalue weighted by molar-refractivity contribution is -0.115. The van der Waals surface area contributed by atoms with Gasteiger partial charge in [0.1, 0.15) is 5.76 Å². The number of nitrogens with one attached hydrogen (secondary N) is 1. The minimum atomic E-state index is -0.175. The zero-order valence-corrected chi connectivity index (χ0v) is 13.6. The van der Waals surface area contributed by atoms with Gasteiger partial charge in [0, 0.05) is 15.4 Å². The molecule has 6 heteroatoms. The first kappa shape index (κ1) is 15.1. The molecule has 4 nitrogen and oxygen atoms in total. The molecule has 0 aliphatic heterocycles. The topological polar surface area (TPSA) is 55.1 Å². The van der Waals surface area contributed by atoms with E-state index in [2.05, 4.69) is 26.4 Å². The van der Waals surface area contributed by atoms with Crippen molar-refractivity contribution in [2.45, 2.75) is 30.4 Å². The van der Waals surface area contributed by atoms with Crippen LogP contribution in [0.3, 0.4) is 0 Å². The van der Waals surface area contributed by atoms with Gasteiger partial charge in [-0.15, -0.1) is 11.8 Å². The van der Waals surface area contributed by atoms with Gasteiger partial charge in [-0.1, -0.05) is 24.2 Å². The van der Waals surface area contributed by atoms with Gasteiger partial charge in [-0.2, -0.15) is 0 Å². The van der Waals surface area contributed by atoms with Crippen LogP contribution in [0.4, 0.5) is 5.82 Å². The number of hydrogen-bond acceptors (Lipinski definition) is 4. The van der Waals surface area contributed by atoms with E-state index in [0.717, 1.165) is 15.8 Å². The fourth-order valence-electron chi connectivity index (χ4n) is 1.65. The van der Waals surface area contributed by atoms with Gasteiger partial charge in [0.2, 0.25) is 5.91 Å². The van der Waals surface area contributed by atoms with Gasteiger partial charge >= 0.3 is 0 Å². The highest BCUT2D eigenvalue weighted by Crippen LogP contribution is 2.32. The largest absolute Gasteiger partial charge is 0.360 e. The molecule has 1 aromatic carbocycles. The maximum atomic E-state index is 12.2. The maximum Gasteiger partial charge on any atom is 0.239 e. The average molecular weight is 355 g/mol. The smallest absolute Gasteiger partial charge is 0.239 e. The fourth-order valence-corrected chi connectivity index (χ4v) is 3.19. The van der Waals surface area contributed by atoms with Crippen LogP contribution in [0.1, 0.15) is 19.1 Å². The number of rotatable bonds is 5. The minimum absolute atomic E-state index is 0.0680. The summed E-state index contributed by atoms with van der Waals surface area (Å²) in [5, 5.41) is 6.37. The van der Waals surface area contributed by atoms with E-state index < -0.39 is 0 Å². The monoisotopic (exact) mass is 354 g/mol. The number of thioether (sulfide) groups is 1. The third-order valence-corrected chi connectivity index (χ3v) is 5.04. The number of anilines is 1. The molecular weight excluding hydrogens is 340 g/mol. The first-order valence-corrected chi connectivity index (χ1v) is 7.92. The van der Waals surface area contributed by atoms with Gasteiger partial charge in [0.25, 0.3) is 0 Å². The zero-order valence-electron chi connectivity index (χ0n) is 11.2. The van der Waals surface area contributed by atoms with Gasteiger partial charge < -0.3 is 9.84 Å². The Labute approximate surface area is 130 Å². The predicted octanol–water partition coefficient (Wildman–Crippen LogP) is 4.25. The molecule has 0 radical (unpaired) electrons. The lowest BCUT2D eigenvalue weighted by Crippen LogP contribution is -2.24. The second-order valence-electron chi connectivity index (χ2n) is 4.26. The molecule has 1 atom stereocenters. The molecule has 1 N–H and O–H groups in total. The number of benzene rings is 1. The average Bonchev–Trinajstić information content (AvgIpc) is 2.83. The second-order valence-corrected chi connectivity index (χ2v) is 6.36. The molecule has 1 amide bonds. The van der Waals surface area contributed by atoms with Gasteiger partial charge in [0.15, 0.2) is 5.82 Å². The quantitative estimate of drug-likeness (QED) is 0.815. The second kappa shape index (κ2) is 6.95. The molecule has 0 saturated carbocycles. The Morgan fingerprint density at radius 2 is 2.25 bits per heavy atom. The van der Waals surface area contributed by atoms with E-state index in [9.17, 15) is 4.79 Å². The van der Waals surface area contributed by atoms with E-state index in [4.69, 9.17) is 4.52 Å². The molecule has 1 aromatic heterocycles. The van der Waals surface area contributed by atoms with Crippen LogP contribution >= 0.6 is 27.7 Å². The Bertz CT molecular complexity index is 600. The molecule has 0 saturated heterocycles. The zero-order chi connectivity index (χ0) is 14.5. The Morgan fingerprint density at radius 1 is 1.50 bits per heavy atom. The van der Waals surface area contributed by atoms with Crippen molar-refractivity contribution in [3.63, 3.8) is 0 Å². The molecule has 0 spiro atoms. The first-order chi connectivity index (χ1) is 9.60. The summed E-state index contributed by atoms with van der Waals surface area (Å²) in [4.78, 5) is 13.3. The Morgan fingerprint density at radius 3 is 2.85 bits per heavy atom. The standard InChI is InChI=1S/C14H15BrN2O2S/c1-3-11(20-12-7-5-4-6-10(12)15)14(18)16-13-8-9(2)19-17-13/h4-8,11H,3H2,1-2H3,(H,16,17,18)/t11-/m1/s1. The Balaban J connectivity index is 2.04. The molecule has 0 bridgehead atoms. The van der Waals surface area contributed by atoms with Crippen molar-refractivity contribution in [3.05, 3.63) is 40.6 Å². The van der Waals surface area contributed by atoms with Crippen molar-refractivity contribution in [3.8, 4) is 0 Å². The van der Waals surface area contributed by atoms with Crippen LogP contribution in [0.25, 0.3) is 0 Å². The number of aryl methyl sites for hydroxylation is 1. The number of carbonyl (C=O) groups excluding carboxylic acids is 1. The number of amides is 1. The Kier molecular flexibility index (Phi) is 5.25. The van der Waals surface area contributed by atoms with E-state index >= 15 is 0 Å². The van der Waals surface area contributed by atoms with Crippen LogP contribution in [0.5, 0.6) is 0 Å². The molecule has 20 heavy (non-hydrogen) atoms. The summed E-state index contributed by atoms with van der Waals surface area (Å²) in [5.41, 5.74) is 0. The van der Waals surface area contributed by atoms with Gasteiger partial charge in [-0.3, -0.25) is 4.79 Å². The summed E-state index contributed by atoms with van der Waals surface area (Å²) < 4.78 is 5.93. The summed E-state index contributed by atoms with van der Waals surface area (Å²) in [6, 6.07) is 9.57. The number of nitrogens with zero attached hydrogens (tertiary/aromatic N) is 1. The summed E-state index contributed by atoms with van der Waals surface area (Å²) >= 11 is 5.03. The maximum absolute atomic E-state index is 12.2. The normalized spacial score (nSPS) is 12.2. The van der Waals surface area contributed by atoms with Crippen molar-refractivity contribution in [1.29, 1.82) is 0 Å². The molecule has 2 rings (SSSR count). The summed E-state index contributed by atoms with van der Waals surface area (Å²) in [6.07, 6.45) is 0.731. The number of carbonyl (C=O) groups is 1. The Hall–Kier alpha value is -1.27. The highest BCUT2D eigenvalue weighted by Gasteiger charge is 2.20. The molecule has 0 aliphatic carbocycles. The van der Waals surface area contributed by atoms with Crippen LogP contribution in [-0.2, 0) is 4.79 Å². The van der Waals surface area contributed by atoms with Crippen LogP contribution in [-0.4, -0.2) is 16.3 Å². The van der Waals surface area contributed by atoms with E-state index in [1.54, 1.807) is 13.0 Å². The molecule has 1 heterocycles. The van der Waals surface area contributed by atoms with Gasteiger partial charge in [-0.05, 0) is 41.4 Å². The van der Waals surface area contributed by atoms with Crippen LogP contribution in [0, 0.1) is 6.92 Å². The van der Waals surface area contributed by atoms with Gasteiger partial charge in [0.05, 0.1) is 5.25 Å². The SMILES string of the molecule is CC[C@@H](Sc1ccccc1Br)C(=O)Nc1cc(C)on1. The van der Waals surface area contributed by atoms with Crippen LogP contribution in [0.2, 0.25) is 0 Å². The van der Waals surface area contributed by atoms with E-state index in [0.29, 0.717) is 11.6 Å². The molecular formula is C14H15BrN2O2S. The lowest BCUT2D eigenvalue weighted by Gasteiger charge is -2.14. The lowest BCUT2D eigenvalue weighted by atomic mass is 10.3. The number of halogens is 1. The third kappa shape index (κ3) is 3.86. The van der Waals surface area contributed by atoms with Crippen LogP contribution < -0.4 is 5.32 Å². The number of hydrogen-bond donors (Lipinski definition) is 1. The van der Waals surface area contributed by atoms with Crippen molar-refractivity contribution in [2.75, 3.05) is 5.32 Å². The fraction of sp³-hybridized carbons (Fsp3) is 0.286. The van der Waals surface area contributed by atoms with Crippen molar-refractivity contribution in [1.82, 2.24) is 5.16 Å². The van der Waals surface area contributed by atoms with Crippen molar-refractivity contribution < 1.29 is 9.32 Å². The van der Waals surface area contributed by atoms with Crippen molar-refractivity contribution in [2.24, 2.45) is 0 Å². The molecule has 0 unspecified atom stereocenters. The highest BCUT2D eigenvalue weighted by atomic mass is 79.9. The summed E-state index contributed by atoms with van der Waals surface area (Å²) in [5.74, 6) is 1.06. The first-order valence-electron chi connectivity index (χ1n) is 6.25. The summed E-state index contributed by atoms with van der Waals surface area (Å²) in [7, 11) is 0. The highest BCUT2D eigenvalue weighted by molar-refractivity contribution is 9.10. The van der Waals surface area contributed by atoms with E-state index in [1.807, 2.05) is 31.2 Å². The number of aromatic nitrogens is 1.